The summed E-state index contributed by atoms with van der Waals surface area (Å²) in [4.78, 5) is 36.3. The van der Waals surface area contributed by atoms with Crippen molar-refractivity contribution in [2.45, 2.75) is 25.5 Å². The highest BCUT2D eigenvalue weighted by atomic mass is 16.3. The highest BCUT2D eigenvalue weighted by Crippen LogP contribution is 2.16. The predicted octanol–water partition coefficient (Wildman–Crippen LogP) is -1.35. The summed E-state index contributed by atoms with van der Waals surface area (Å²) in [5, 5.41) is 11.0. The Labute approximate surface area is 90.1 Å². The average molecular weight is 225 g/mol. The first-order chi connectivity index (χ1) is 7.61. The van der Waals surface area contributed by atoms with Gasteiger partial charge < -0.3 is 10.1 Å². The summed E-state index contributed by atoms with van der Waals surface area (Å²) in [7, 11) is 0. The summed E-state index contributed by atoms with van der Waals surface area (Å²) in [5.41, 5.74) is -0.117. The van der Waals surface area contributed by atoms with Gasteiger partial charge in [-0.05, 0) is 6.42 Å². The van der Waals surface area contributed by atoms with E-state index in [0.29, 0.717) is 12.1 Å². The van der Waals surface area contributed by atoms with Crippen LogP contribution in [0.5, 0.6) is 0 Å². The Morgan fingerprint density at radius 3 is 2.75 bits per heavy atom. The molecular weight excluding hydrogens is 214 g/mol. The molecule has 1 fully saturated rings. The van der Waals surface area contributed by atoms with Gasteiger partial charge in [-0.1, -0.05) is 0 Å². The Morgan fingerprint density at radius 1 is 1.44 bits per heavy atom. The highest BCUT2D eigenvalue weighted by molar-refractivity contribution is 5.99. The van der Waals surface area contributed by atoms with Gasteiger partial charge in [0.15, 0.2) is 0 Å². The summed E-state index contributed by atoms with van der Waals surface area (Å²) in [6, 6.07) is -0.679. The monoisotopic (exact) mass is 225 g/mol. The van der Waals surface area contributed by atoms with Gasteiger partial charge in [0, 0.05) is 12.6 Å². The SMILES string of the molecule is O=C1CCC(n2cc(CO)[nH]c2=O)C(=O)N1. The third-order valence-electron chi connectivity index (χ3n) is 2.51. The number of hydrogen-bond acceptors (Lipinski definition) is 4. The standard InChI is InChI=1S/C9H11N3O4/c13-4-5-3-12(9(16)10-5)6-1-2-7(14)11-8(6)15/h3,6,13H,1-2,4H2,(H,10,16)(H,11,14,15). The van der Waals surface area contributed by atoms with E-state index < -0.39 is 17.6 Å². The number of amides is 2. The molecule has 1 aliphatic heterocycles. The molecule has 3 N–H and O–H groups in total. The summed E-state index contributed by atoms with van der Waals surface area (Å²) < 4.78 is 1.20. The van der Waals surface area contributed by atoms with Gasteiger partial charge in [-0.3, -0.25) is 19.5 Å². The summed E-state index contributed by atoms with van der Waals surface area (Å²) in [5.74, 6) is -0.811. The fraction of sp³-hybridized carbons (Fsp3) is 0.444. The van der Waals surface area contributed by atoms with Crippen molar-refractivity contribution in [1.29, 1.82) is 0 Å². The van der Waals surface area contributed by atoms with Crippen molar-refractivity contribution in [3.05, 3.63) is 22.4 Å². The Kier molecular flexibility index (Phi) is 2.61. The molecule has 0 bridgehead atoms. The highest BCUT2D eigenvalue weighted by Gasteiger charge is 2.29. The van der Waals surface area contributed by atoms with Crippen molar-refractivity contribution in [3.63, 3.8) is 0 Å². The number of carbonyl (C=O) groups excluding carboxylic acids is 2. The Morgan fingerprint density at radius 2 is 2.19 bits per heavy atom. The number of imide groups is 1. The van der Waals surface area contributed by atoms with Gasteiger partial charge in [0.1, 0.15) is 6.04 Å². The zero-order valence-electron chi connectivity index (χ0n) is 8.40. The molecule has 2 heterocycles. The van der Waals surface area contributed by atoms with Crippen LogP contribution in [0, 0.1) is 0 Å². The van der Waals surface area contributed by atoms with Crippen LogP contribution in [-0.4, -0.2) is 26.5 Å². The first-order valence-electron chi connectivity index (χ1n) is 4.86. The molecule has 1 saturated heterocycles. The first kappa shape index (κ1) is 10.6. The second-order valence-electron chi connectivity index (χ2n) is 3.62. The van der Waals surface area contributed by atoms with E-state index in [1.807, 2.05) is 0 Å². The maximum absolute atomic E-state index is 11.5. The lowest BCUT2D eigenvalue weighted by Crippen LogP contribution is -2.43. The number of aromatic amines is 1. The smallest absolute Gasteiger partial charge is 0.326 e. The number of nitrogens with zero attached hydrogens (tertiary/aromatic N) is 1. The maximum Gasteiger partial charge on any atom is 0.326 e. The number of carbonyl (C=O) groups is 2. The second kappa shape index (κ2) is 3.93. The normalized spacial score (nSPS) is 20.9. The molecule has 1 unspecified atom stereocenters. The number of aliphatic hydroxyl groups excluding tert-OH is 1. The minimum absolute atomic E-state index is 0.211. The number of hydrogen-bond donors (Lipinski definition) is 3. The van der Waals surface area contributed by atoms with Crippen LogP contribution in [0.1, 0.15) is 24.6 Å². The summed E-state index contributed by atoms with van der Waals surface area (Å²) >= 11 is 0. The van der Waals surface area contributed by atoms with Crippen LogP contribution >= 0.6 is 0 Å². The maximum atomic E-state index is 11.5. The molecular formula is C9H11N3O4. The molecule has 1 aliphatic rings. The van der Waals surface area contributed by atoms with Gasteiger partial charge in [0.2, 0.25) is 11.8 Å². The van der Waals surface area contributed by atoms with Crippen molar-refractivity contribution in [3.8, 4) is 0 Å². The van der Waals surface area contributed by atoms with E-state index in [1.165, 1.54) is 10.8 Å². The van der Waals surface area contributed by atoms with E-state index in [9.17, 15) is 14.4 Å². The largest absolute Gasteiger partial charge is 0.390 e. The number of aromatic nitrogens is 2. The van der Waals surface area contributed by atoms with Gasteiger partial charge in [0.05, 0.1) is 12.3 Å². The Balaban J connectivity index is 2.30. The predicted molar refractivity (Wildman–Crippen MR) is 52.4 cm³/mol. The zero-order valence-corrected chi connectivity index (χ0v) is 8.40. The second-order valence-corrected chi connectivity index (χ2v) is 3.62. The van der Waals surface area contributed by atoms with Gasteiger partial charge in [-0.2, -0.15) is 0 Å². The molecule has 7 nitrogen and oxygen atoms in total. The van der Waals surface area contributed by atoms with Gasteiger partial charge in [0.25, 0.3) is 0 Å². The summed E-state index contributed by atoms with van der Waals surface area (Å²) in [6.07, 6.45) is 1.90. The number of piperidine rings is 1. The van der Waals surface area contributed by atoms with E-state index in [0.717, 1.165) is 0 Å². The van der Waals surface area contributed by atoms with Crippen LogP contribution in [-0.2, 0) is 16.2 Å². The molecule has 2 rings (SSSR count). The Bertz CT molecular complexity index is 487. The van der Waals surface area contributed by atoms with Gasteiger partial charge >= 0.3 is 5.69 Å². The van der Waals surface area contributed by atoms with Crippen LogP contribution in [0.15, 0.2) is 11.0 Å². The van der Waals surface area contributed by atoms with E-state index >= 15 is 0 Å². The third kappa shape index (κ3) is 1.76. The number of aliphatic hydroxyl groups is 1. The minimum Gasteiger partial charge on any atom is -0.390 e. The lowest BCUT2D eigenvalue weighted by Gasteiger charge is -2.20. The molecule has 1 atom stereocenters. The molecule has 1 aromatic rings. The minimum atomic E-state index is -0.679. The van der Waals surface area contributed by atoms with Crippen molar-refractivity contribution in [2.75, 3.05) is 0 Å². The van der Waals surface area contributed by atoms with E-state index in [-0.39, 0.29) is 18.9 Å². The zero-order chi connectivity index (χ0) is 11.7. The van der Waals surface area contributed by atoms with E-state index in [2.05, 4.69) is 10.3 Å². The molecule has 0 spiro atoms. The molecule has 0 radical (unpaired) electrons. The number of H-pyrrole nitrogens is 1. The molecule has 16 heavy (non-hydrogen) atoms. The van der Waals surface area contributed by atoms with Crippen LogP contribution in [0.25, 0.3) is 0 Å². The molecule has 0 aliphatic carbocycles. The van der Waals surface area contributed by atoms with Crippen molar-refractivity contribution in [1.82, 2.24) is 14.9 Å². The van der Waals surface area contributed by atoms with Crippen molar-refractivity contribution in [2.24, 2.45) is 0 Å². The number of nitrogens with one attached hydrogen (secondary N) is 2. The van der Waals surface area contributed by atoms with Crippen LogP contribution in [0.2, 0.25) is 0 Å². The first-order valence-corrected chi connectivity index (χ1v) is 4.86. The molecule has 2 amide bonds. The van der Waals surface area contributed by atoms with Crippen LogP contribution in [0.4, 0.5) is 0 Å². The molecule has 0 aromatic carbocycles. The lowest BCUT2D eigenvalue weighted by molar-refractivity contribution is -0.135. The van der Waals surface area contributed by atoms with Gasteiger partial charge in [-0.15, -0.1) is 0 Å². The topological polar surface area (TPSA) is 104 Å². The van der Waals surface area contributed by atoms with Crippen LogP contribution in [0.3, 0.4) is 0 Å². The quantitative estimate of drug-likeness (QED) is 0.541. The lowest BCUT2D eigenvalue weighted by atomic mass is 10.1. The number of imidazole rings is 1. The molecule has 0 saturated carbocycles. The molecule has 7 heteroatoms. The Hall–Kier alpha value is -1.89. The van der Waals surface area contributed by atoms with Crippen LogP contribution < -0.4 is 11.0 Å². The van der Waals surface area contributed by atoms with Crippen molar-refractivity contribution < 1.29 is 14.7 Å². The van der Waals surface area contributed by atoms with Crippen molar-refractivity contribution >= 4 is 11.8 Å². The van der Waals surface area contributed by atoms with E-state index in [1.54, 1.807) is 0 Å². The molecule has 1 aromatic heterocycles. The van der Waals surface area contributed by atoms with E-state index in [4.69, 9.17) is 5.11 Å². The fourth-order valence-electron chi connectivity index (χ4n) is 1.72. The third-order valence-corrected chi connectivity index (χ3v) is 2.51. The fourth-order valence-corrected chi connectivity index (χ4v) is 1.72. The number of rotatable bonds is 2. The summed E-state index contributed by atoms with van der Waals surface area (Å²) in [6.45, 7) is -0.296. The average Bonchev–Trinajstić information content (AvgIpc) is 2.60. The molecule has 86 valence electrons. The van der Waals surface area contributed by atoms with Gasteiger partial charge in [-0.25, -0.2) is 4.79 Å².